The molecule has 2 aromatic rings. The molecule has 0 spiro atoms. The third kappa shape index (κ3) is 4.07. The predicted molar refractivity (Wildman–Crippen MR) is 107 cm³/mol. The lowest BCUT2D eigenvalue weighted by molar-refractivity contribution is 0.0919. The van der Waals surface area contributed by atoms with Crippen molar-refractivity contribution < 1.29 is 17.9 Å². The molecule has 0 atom stereocenters. The van der Waals surface area contributed by atoms with E-state index < -0.39 is 21.3 Å². The average molecular weight is 423 g/mol. The monoisotopic (exact) mass is 422 g/mol. The first kappa shape index (κ1) is 21.1. The van der Waals surface area contributed by atoms with E-state index in [2.05, 4.69) is 10.4 Å². The van der Waals surface area contributed by atoms with Gasteiger partial charge in [0.1, 0.15) is 0 Å². The van der Waals surface area contributed by atoms with E-state index in [1.807, 2.05) is 20.8 Å². The summed E-state index contributed by atoms with van der Waals surface area (Å²) in [5.74, 6) is -0.298. The molecule has 1 N–H and O–H groups in total. The standard InChI is InChI=1S/C19H26N4O5S/c1-6-12-11-13(16(24)20-19(2,3)4)7-10-15(12)29(26,27)23-18(25)22(14-8-9-14)17(21-23)28-5/h7,10-11,14H,6,8-9H2,1-5H3,(H,20,24). The van der Waals surface area contributed by atoms with E-state index in [4.69, 9.17) is 4.74 Å². The molecule has 10 heteroatoms. The molecule has 1 saturated carbocycles. The van der Waals surface area contributed by atoms with Gasteiger partial charge in [-0.25, -0.2) is 9.36 Å². The summed E-state index contributed by atoms with van der Waals surface area (Å²) in [6.07, 6.45) is 1.92. The van der Waals surface area contributed by atoms with Gasteiger partial charge in [0.2, 0.25) is 0 Å². The van der Waals surface area contributed by atoms with Gasteiger partial charge in [0, 0.05) is 17.1 Å². The van der Waals surface area contributed by atoms with Crippen molar-refractivity contribution in [2.24, 2.45) is 0 Å². The molecule has 1 amide bonds. The first-order valence-corrected chi connectivity index (χ1v) is 10.9. The quantitative estimate of drug-likeness (QED) is 0.758. The molecule has 1 aliphatic rings. The number of methoxy groups -OCH3 is 1. The molecule has 1 aromatic heterocycles. The van der Waals surface area contributed by atoms with Gasteiger partial charge >= 0.3 is 11.7 Å². The number of carbonyl (C=O) groups excluding carboxylic acids is 1. The molecule has 0 unspecified atom stereocenters. The van der Waals surface area contributed by atoms with Crippen LogP contribution in [0.2, 0.25) is 0 Å². The number of nitrogens with zero attached hydrogens (tertiary/aromatic N) is 3. The first-order valence-electron chi connectivity index (χ1n) is 9.46. The van der Waals surface area contributed by atoms with Crippen molar-refractivity contribution in [2.75, 3.05) is 7.11 Å². The zero-order valence-electron chi connectivity index (χ0n) is 17.2. The lowest BCUT2D eigenvalue weighted by Crippen LogP contribution is -2.40. The Hall–Kier alpha value is -2.62. The molecule has 1 aliphatic carbocycles. The minimum atomic E-state index is -4.25. The van der Waals surface area contributed by atoms with Gasteiger partial charge in [-0.3, -0.25) is 4.79 Å². The fourth-order valence-corrected chi connectivity index (χ4v) is 4.47. The van der Waals surface area contributed by atoms with E-state index in [0.29, 0.717) is 21.6 Å². The van der Waals surface area contributed by atoms with Crippen LogP contribution in [0.5, 0.6) is 6.01 Å². The minimum absolute atomic E-state index is 0.0275. The zero-order valence-corrected chi connectivity index (χ0v) is 18.0. The van der Waals surface area contributed by atoms with Gasteiger partial charge in [-0.15, -0.1) is 0 Å². The summed E-state index contributed by atoms with van der Waals surface area (Å²) < 4.78 is 33.3. The number of nitrogens with one attached hydrogen (secondary N) is 1. The molecule has 0 saturated heterocycles. The Bertz CT molecular complexity index is 1100. The molecule has 158 valence electrons. The summed E-state index contributed by atoms with van der Waals surface area (Å²) in [4.78, 5) is 25.1. The van der Waals surface area contributed by atoms with Crippen molar-refractivity contribution in [1.29, 1.82) is 0 Å². The number of amides is 1. The van der Waals surface area contributed by atoms with Gasteiger partial charge in [0.25, 0.3) is 15.9 Å². The Labute approximate surface area is 169 Å². The SMILES string of the molecule is CCc1cc(C(=O)NC(C)(C)C)ccc1S(=O)(=O)n1nc(OC)n(C2CC2)c1=O. The van der Waals surface area contributed by atoms with Crippen LogP contribution < -0.4 is 15.7 Å². The molecule has 3 rings (SSSR count). The van der Waals surface area contributed by atoms with E-state index in [1.165, 1.54) is 29.9 Å². The van der Waals surface area contributed by atoms with E-state index in [1.54, 1.807) is 6.92 Å². The van der Waals surface area contributed by atoms with Gasteiger partial charge in [-0.05, 0) is 63.8 Å². The third-order valence-electron chi connectivity index (χ3n) is 4.54. The molecule has 0 radical (unpaired) electrons. The fourth-order valence-electron chi connectivity index (χ4n) is 3.04. The predicted octanol–water partition coefficient (Wildman–Crippen LogP) is 1.72. The van der Waals surface area contributed by atoms with Gasteiger partial charge < -0.3 is 10.1 Å². The largest absolute Gasteiger partial charge is 0.467 e. The number of rotatable bonds is 6. The normalized spacial score (nSPS) is 14.7. The topological polar surface area (TPSA) is 112 Å². The lowest BCUT2D eigenvalue weighted by atomic mass is 10.1. The van der Waals surface area contributed by atoms with Crippen LogP contribution in [0.1, 0.15) is 62.5 Å². The molecule has 0 aliphatic heterocycles. The van der Waals surface area contributed by atoms with Crippen LogP contribution in [0.4, 0.5) is 0 Å². The van der Waals surface area contributed by atoms with Crippen molar-refractivity contribution in [3.05, 3.63) is 39.8 Å². The molecular formula is C19H26N4O5S. The van der Waals surface area contributed by atoms with Crippen LogP contribution in [-0.2, 0) is 16.4 Å². The zero-order chi connectivity index (χ0) is 21.6. The van der Waals surface area contributed by atoms with Gasteiger partial charge in [0.15, 0.2) is 0 Å². The highest BCUT2D eigenvalue weighted by atomic mass is 32.2. The highest BCUT2D eigenvalue weighted by Crippen LogP contribution is 2.36. The molecule has 0 bridgehead atoms. The Balaban J connectivity index is 2.06. The van der Waals surface area contributed by atoms with Crippen LogP contribution in [0, 0.1) is 0 Å². The summed E-state index contributed by atoms with van der Waals surface area (Å²) in [6.45, 7) is 7.37. The van der Waals surface area contributed by atoms with E-state index in [0.717, 1.165) is 12.8 Å². The summed E-state index contributed by atoms with van der Waals surface area (Å²) in [5, 5.41) is 6.74. The summed E-state index contributed by atoms with van der Waals surface area (Å²) >= 11 is 0. The number of carbonyl (C=O) groups is 1. The van der Waals surface area contributed by atoms with Crippen molar-refractivity contribution >= 4 is 15.9 Å². The average Bonchev–Trinajstić information content (AvgIpc) is 3.41. The fraction of sp³-hybridized carbons (Fsp3) is 0.526. The van der Waals surface area contributed by atoms with Crippen LogP contribution in [-0.4, -0.2) is 40.7 Å². The summed E-state index contributed by atoms with van der Waals surface area (Å²) in [7, 11) is -2.90. The maximum atomic E-state index is 13.2. The first-order chi connectivity index (χ1) is 13.5. The van der Waals surface area contributed by atoms with Gasteiger partial charge in [0.05, 0.1) is 12.0 Å². The minimum Gasteiger partial charge on any atom is -0.467 e. The molecule has 29 heavy (non-hydrogen) atoms. The van der Waals surface area contributed by atoms with Crippen molar-refractivity contribution in [1.82, 2.24) is 19.1 Å². The maximum Gasteiger partial charge on any atom is 0.363 e. The second-order valence-electron chi connectivity index (χ2n) is 8.10. The molecular weight excluding hydrogens is 396 g/mol. The van der Waals surface area contributed by atoms with Crippen molar-refractivity contribution in [2.45, 2.75) is 63.4 Å². The Morgan fingerprint density at radius 1 is 1.31 bits per heavy atom. The highest BCUT2D eigenvalue weighted by Gasteiger charge is 2.34. The molecule has 9 nitrogen and oxygen atoms in total. The van der Waals surface area contributed by atoms with Crippen LogP contribution in [0.3, 0.4) is 0 Å². The Morgan fingerprint density at radius 3 is 2.48 bits per heavy atom. The second kappa shape index (κ2) is 7.33. The van der Waals surface area contributed by atoms with Crippen molar-refractivity contribution in [3.63, 3.8) is 0 Å². The number of aryl methyl sites for hydroxylation is 1. The Kier molecular flexibility index (Phi) is 5.33. The Morgan fingerprint density at radius 2 is 1.97 bits per heavy atom. The van der Waals surface area contributed by atoms with Crippen LogP contribution in [0.25, 0.3) is 0 Å². The number of benzene rings is 1. The number of hydrogen-bond donors (Lipinski definition) is 1. The van der Waals surface area contributed by atoms with Crippen molar-refractivity contribution in [3.8, 4) is 6.01 Å². The van der Waals surface area contributed by atoms with Crippen LogP contribution in [0.15, 0.2) is 27.9 Å². The number of aromatic nitrogens is 3. The van der Waals surface area contributed by atoms with E-state index >= 15 is 0 Å². The van der Waals surface area contributed by atoms with E-state index in [-0.39, 0.29) is 22.9 Å². The van der Waals surface area contributed by atoms with Gasteiger partial charge in [-0.2, -0.15) is 8.42 Å². The third-order valence-corrected chi connectivity index (χ3v) is 6.19. The van der Waals surface area contributed by atoms with Gasteiger partial charge in [-0.1, -0.05) is 16.1 Å². The smallest absolute Gasteiger partial charge is 0.363 e. The summed E-state index contributed by atoms with van der Waals surface area (Å²) in [5.41, 5.74) is -0.392. The van der Waals surface area contributed by atoms with Crippen LogP contribution >= 0.6 is 0 Å². The maximum absolute atomic E-state index is 13.2. The number of ether oxygens (including phenoxy) is 1. The molecule has 1 heterocycles. The second-order valence-corrected chi connectivity index (χ2v) is 9.83. The summed E-state index contributed by atoms with van der Waals surface area (Å²) in [6, 6.07) is 4.21. The van der Waals surface area contributed by atoms with E-state index in [9.17, 15) is 18.0 Å². The number of hydrogen-bond acceptors (Lipinski definition) is 6. The lowest BCUT2D eigenvalue weighted by Gasteiger charge is -2.21. The molecule has 1 fully saturated rings. The highest BCUT2D eigenvalue weighted by molar-refractivity contribution is 7.89. The molecule has 1 aromatic carbocycles.